The normalized spacial score (nSPS) is 48.7. The summed E-state index contributed by atoms with van der Waals surface area (Å²) in [6, 6.07) is 9.43. The van der Waals surface area contributed by atoms with Crippen molar-refractivity contribution in [2.75, 3.05) is 13.2 Å². The molecule has 2 saturated carbocycles. The lowest BCUT2D eigenvalue weighted by molar-refractivity contribution is -0.262. The number of hydrogen-bond donors (Lipinski definition) is 2. The van der Waals surface area contributed by atoms with Crippen molar-refractivity contribution >= 4 is 17.8 Å². The van der Waals surface area contributed by atoms with Crippen molar-refractivity contribution in [1.29, 1.82) is 0 Å². The van der Waals surface area contributed by atoms with Crippen molar-refractivity contribution in [2.24, 2.45) is 22.7 Å². The van der Waals surface area contributed by atoms with Gasteiger partial charge in [0.25, 0.3) is 0 Å². The van der Waals surface area contributed by atoms with Gasteiger partial charge in [-0.3, -0.25) is 4.79 Å². The summed E-state index contributed by atoms with van der Waals surface area (Å²) in [4.78, 5) is 26.7. The second kappa shape index (κ2) is 8.45. The van der Waals surface area contributed by atoms with Gasteiger partial charge in [-0.2, -0.15) is 0 Å². The van der Waals surface area contributed by atoms with Crippen LogP contribution in [0.3, 0.4) is 0 Å². The number of carbonyl (C=O) groups is 2. The van der Waals surface area contributed by atoms with E-state index in [1.165, 1.54) is 6.08 Å². The van der Waals surface area contributed by atoms with Crippen LogP contribution in [-0.4, -0.2) is 71.0 Å². The van der Waals surface area contributed by atoms with Crippen LogP contribution in [0.5, 0.6) is 0 Å². The Balaban J connectivity index is 1.37. The van der Waals surface area contributed by atoms with Crippen LogP contribution in [0.1, 0.15) is 52.0 Å². The molecule has 2 N–H and O–H groups in total. The maximum Gasteiger partial charge on any atom is 0.331 e. The van der Waals surface area contributed by atoms with E-state index in [9.17, 15) is 19.8 Å². The molecule has 8 nitrogen and oxygen atoms in total. The van der Waals surface area contributed by atoms with Gasteiger partial charge in [-0.25, -0.2) is 4.79 Å². The van der Waals surface area contributed by atoms with Crippen LogP contribution in [0.4, 0.5) is 0 Å². The number of ether oxygens (including phenoxy) is 4. The van der Waals surface area contributed by atoms with E-state index in [4.69, 9.17) is 18.9 Å². The second-order valence-corrected chi connectivity index (χ2v) is 12.1. The molecule has 1 spiro atoms. The van der Waals surface area contributed by atoms with E-state index >= 15 is 0 Å². The number of epoxide rings is 1. The molecular formula is C29H36O8. The molecule has 0 bridgehead atoms. The Morgan fingerprint density at radius 1 is 1.19 bits per heavy atom. The Morgan fingerprint density at radius 2 is 1.92 bits per heavy atom. The fourth-order valence-electron chi connectivity index (χ4n) is 7.96. The zero-order valence-electron chi connectivity index (χ0n) is 21.6. The molecule has 5 fully saturated rings. The second-order valence-electron chi connectivity index (χ2n) is 12.1. The van der Waals surface area contributed by atoms with Crippen molar-refractivity contribution in [3.05, 3.63) is 42.0 Å². The molecule has 0 unspecified atom stereocenters. The number of carbonyl (C=O) groups excluding carboxylic acids is 2. The number of aliphatic hydroxyl groups is 2. The molecule has 1 aromatic rings. The molecule has 6 rings (SSSR count). The van der Waals surface area contributed by atoms with Crippen molar-refractivity contribution < 1.29 is 38.7 Å². The number of rotatable bonds is 4. The number of fused-ring (bicyclic) bond motifs is 3. The van der Waals surface area contributed by atoms with Gasteiger partial charge in [0, 0.05) is 48.0 Å². The summed E-state index contributed by atoms with van der Waals surface area (Å²) in [6.07, 6.45) is 1.43. The summed E-state index contributed by atoms with van der Waals surface area (Å²) in [6.45, 7) is 6.67. The van der Waals surface area contributed by atoms with Crippen LogP contribution < -0.4 is 0 Å². The molecule has 3 heterocycles. The van der Waals surface area contributed by atoms with Crippen molar-refractivity contribution in [3.63, 3.8) is 0 Å². The molecule has 5 aliphatic rings. The molecular weight excluding hydrogens is 476 g/mol. The predicted molar refractivity (Wildman–Crippen MR) is 132 cm³/mol. The summed E-state index contributed by atoms with van der Waals surface area (Å²) in [5.74, 6) is -1.55. The van der Waals surface area contributed by atoms with Crippen molar-refractivity contribution in [1.82, 2.24) is 0 Å². The number of Topliss-reactive ketones (excluding diaryl/α,β-unsaturated/α-hetero) is 1. The van der Waals surface area contributed by atoms with Crippen LogP contribution in [0.2, 0.25) is 0 Å². The molecule has 3 saturated heterocycles. The van der Waals surface area contributed by atoms with Gasteiger partial charge in [0.15, 0.2) is 6.29 Å². The molecule has 0 aromatic heterocycles. The third-order valence-electron chi connectivity index (χ3n) is 10.4. The average Bonchev–Trinajstić information content (AvgIpc) is 3.48. The van der Waals surface area contributed by atoms with Gasteiger partial charge in [0.1, 0.15) is 29.2 Å². The lowest BCUT2D eigenvalue weighted by Gasteiger charge is -2.63. The van der Waals surface area contributed by atoms with Gasteiger partial charge in [0.05, 0.1) is 19.3 Å². The lowest BCUT2D eigenvalue weighted by atomic mass is 9.41. The highest BCUT2D eigenvalue weighted by Gasteiger charge is 2.78. The first-order chi connectivity index (χ1) is 17.5. The Bertz CT molecular complexity index is 1110. The monoisotopic (exact) mass is 512 g/mol. The molecule has 1 aromatic carbocycles. The number of esters is 1. The van der Waals surface area contributed by atoms with Gasteiger partial charge in [-0.1, -0.05) is 51.1 Å². The zero-order valence-corrected chi connectivity index (χ0v) is 21.6. The Hall–Kier alpha value is -2.10. The van der Waals surface area contributed by atoms with Gasteiger partial charge in [-0.15, -0.1) is 0 Å². The quantitative estimate of drug-likeness (QED) is 0.360. The average molecular weight is 513 g/mol. The first kappa shape index (κ1) is 25.2. The van der Waals surface area contributed by atoms with Crippen molar-refractivity contribution in [2.45, 2.75) is 82.3 Å². The maximum atomic E-state index is 13.7. The van der Waals surface area contributed by atoms with Gasteiger partial charge < -0.3 is 29.2 Å². The summed E-state index contributed by atoms with van der Waals surface area (Å²) >= 11 is 0. The highest BCUT2D eigenvalue weighted by molar-refractivity contribution is 5.87. The molecule has 10 atom stereocenters. The Morgan fingerprint density at radius 3 is 2.59 bits per heavy atom. The van der Waals surface area contributed by atoms with E-state index < -0.39 is 64.4 Å². The van der Waals surface area contributed by atoms with Crippen LogP contribution >= 0.6 is 0 Å². The predicted octanol–water partition coefficient (Wildman–Crippen LogP) is 2.65. The molecule has 8 heteroatoms. The van der Waals surface area contributed by atoms with Crippen LogP contribution in [0.15, 0.2) is 36.4 Å². The Labute approximate surface area is 216 Å². The van der Waals surface area contributed by atoms with Crippen molar-refractivity contribution in [3.8, 4) is 0 Å². The molecule has 2 aliphatic carbocycles. The summed E-state index contributed by atoms with van der Waals surface area (Å²) < 4.78 is 24.0. The standard InChI is InChI=1S/C29H36O8/c1-17-22(37-21(31)10-9-18-7-5-4-6-8-18)24(32)27(3)23(19(30)11-12-29(27)16-35-29)26(17,2)20-15-28(33)13-14-34-25(28)36-20/h4-10,17,20,22-25,32-33H,11-16H2,1-3H3/b10-9+/t17-,20+,22-,23-,24+,25+,26-,27+,28+,29+/m1/s1. The largest absolute Gasteiger partial charge is 0.456 e. The molecule has 0 radical (unpaired) electrons. The van der Waals surface area contributed by atoms with Gasteiger partial charge in [-0.05, 0) is 18.1 Å². The zero-order chi connectivity index (χ0) is 26.2. The van der Waals surface area contributed by atoms with E-state index in [1.807, 2.05) is 51.1 Å². The fourth-order valence-corrected chi connectivity index (χ4v) is 7.96. The summed E-state index contributed by atoms with van der Waals surface area (Å²) in [5, 5.41) is 23.1. The smallest absolute Gasteiger partial charge is 0.331 e. The molecule has 0 amide bonds. The third-order valence-corrected chi connectivity index (χ3v) is 10.4. The molecule has 200 valence electrons. The molecule has 37 heavy (non-hydrogen) atoms. The van der Waals surface area contributed by atoms with Crippen LogP contribution in [0.25, 0.3) is 6.08 Å². The maximum absolute atomic E-state index is 13.7. The van der Waals surface area contributed by atoms with E-state index in [-0.39, 0.29) is 5.78 Å². The first-order valence-electron chi connectivity index (χ1n) is 13.3. The minimum Gasteiger partial charge on any atom is -0.456 e. The van der Waals surface area contributed by atoms with Gasteiger partial charge in [0.2, 0.25) is 0 Å². The SMILES string of the molecule is C[C@@H]1[C@@H](OC(=O)/C=C/c2ccccc2)[C@H](O)[C@]2(C)[C@H](C(=O)CC[C@]23CO3)[C@@]1(C)[C@@H]1C[C@@]2(O)CCO[C@H]2O1. The lowest BCUT2D eigenvalue weighted by Crippen LogP contribution is -2.72. The summed E-state index contributed by atoms with van der Waals surface area (Å²) in [5.41, 5.74) is -2.74. The first-order valence-corrected chi connectivity index (χ1v) is 13.3. The fraction of sp³-hybridized carbons (Fsp3) is 0.655. The number of benzene rings is 1. The molecule has 3 aliphatic heterocycles. The van der Waals surface area contributed by atoms with E-state index in [0.717, 1.165) is 5.56 Å². The topological polar surface area (TPSA) is 115 Å². The third kappa shape index (κ3) is 3.53. The number of ketones is 1. The van der Waals surface area contributed by atoms with Crippen LogP contribution in [-0.2, 0) is 28.5 Å². The highest BCUT2D eigenvalue weighted by atomic mass is 16.7. The van der Waals surface area contributed by atoms with E-state index in [0.29, 0.717) is 38.9 Å². The Kier molecular flexibility index (Phi) is 5.75. The minimum atomic E-state index is -1.12. The highest BCUT2D eigenvalue weighted by Crippen LogP contribution is 2.69. The summed E-state index contributed by atoms with van der Waals surface area (Å²) in [7, 11) is 0. The number of aliphatic hydroxyl groups excluding tert-OH is 1. The van der Waals surface area contributed by atoms with E-state index in [2.05, 4.69) is 0 Å². The van der Waals surface area contributed by atoms with E-state index in [1.54, 1.807) is 6.08 Å². The number of hydrogen-bond acceptors (Lipinski definition) is 8. The van der Waals surface area contributed by atoms with Gasteiger partial charge >= 0.3 is 5.97 Å². The minimum absolute atomic E-state index is 0.0549. The van der Waals surface area contributed by atoms with Crippen LogP contribution in [0, 0.1) is 22.7 Å².